The van der Waals surface area contributed by atoms with Crippen LogP contribution in [0.4, 0.5) is 0 Å². The summed E-state index contributed by atoms with van der Waals surface area (Å²) in [5, 5.41) is 3.65. The molecular weight excluding hydrogens is 172 g/mol. The summed E-state index contributed by atoms with van der Waals surface area (Å²) in [5.74, 6) is 0.759. The molecule has 0 amide bonds. The van der Waals surface area contributed by atoms with Gasteiger partial charge in [0.15, 0.2) is 0 Å². The van der Waals surface area contributed by atoms with Crippen molar-refractivity contribution < 1.29 is 0 Å². The highest BCUT2D eigenvalue weighted by atomic mass is 15.0. The van der Waals surface area contributed by atoms with Crippen molar-refractivity contribution in [1.82, 2.24) is 10.3 Å². The van der Waals surface area contributed by atoms with E-state index in [1.807, 2.05) is 18.5 Å². The van der Waals surface area contributed by atoms with Gasteiger partial charge >= 0.3 is 0 Å². The molecule has 0 unspecified atom stereocenters. The van der Waals surface area contributed by atoms with Crippen molar-refractivity contribution in [1.29, 1.82) is 0 Å². The average molecular weight is 188 g/mol. The zero-order valence-corrected chi connectivity index (χ0v) is 8.37. The van der Waals surface area contributed by atoms with E-state index in [2.05, 4.69) is 16.4 Å². The SMILES string of the molecule is c1cncc(C2CC3(CCCN3)C2)c1. The first-order chi connectivity index (χ1) is 6.88. The van der Waals surface area contributed by atoms with E-state index in [-0.39, 0.29) is 0 Å². The van der Waals surface area contributed by atoms with Crippen molar-refractivity contribution >= 4 is 0 Å². The molecule has 2 aliphatic rings. The first-order valence-corrected chi connectivity index (χ1v) is 5.53. The minimum atomic E-state index is 0.514. The molecular formula is C12H16N2. The molecule has 2 fully saturated rings. The predicted molar refractivity (Wildman–Crippen MR) is 56.2 cm³/mol. The van der Waals surface area contributed by atoms with Crippen molar-refractivity contribution in [2.24, 2.45) is 0 Å². The lowest BCUT2D eigenvalue weighted by Gasteiger charge is -2.45. The third kappa shape index (κ3) is 1.25. The second-order valence-corrected chi connectivity index (χ2v) is 4.70. The average Bonchev–Trinajstić information content (AvgIpc) is 2.65. The largest absolute Gasteiger partial charge is 0.311 e. The Bertz CT molecular complexity index is 306. The van der Waals surface area contributed by atoms with Crippen LogP contribution in [0.25, 0.3) is 0 Å². The van der Waals surface area contributed by atoms with Gasteiger partial charge in [-0.3, -0.25) is 4.98 Å². The Labute approximate surface area is 84.7 Å². The van der Waals surface area contributed by atoms with E-state index >= 15 is 0 Å². The van der Waals surface area contributed by atoms with Gasteiger partial charge < -0.3 is 5.32 Å². The third-order valence-electron chi connectivity index (χ3n) is 3.76. The predicted octanol–water partition coefficient (Wildman–Crippen LogP) is 2.08. The van der Waals surface area contributed by atoms with E-state index in [9.17, 15) is 0 Å². The molecule has 0 bridgehead atoms. The third-order valence-corrected chi connectivity index (χ3v) is 3.76. The molecule has 1 aliphatic heterocycles. The van der Waals surface area contributed by atoms with Crippen molar-refractivity contribution in [2.75, 3.05) is 6.54 Å². The highest BCUT2D eigenvalue weighted by Gasteiger charge is 2.45. The van der Waals surface area contributed by atoms with Crippen molar-refractivity contribution in [3.63, 3.8) is 0 Å². The second kappa shape index (κ2) is 3.06. The number of hydrogen-bond acceptors (Lipinski definition) is 2. The molecule has 1 aromatic heterocycles. The van der Waals surface area contributed by atoms with Gasteiger partial charge in [0.1, 0.15) is 0 Å². The lowest BCUT2D eigenvalue weighted by molar-refractivity contribution is 0.178. The zero-order chi connectivity index (χ0) is 9.43. The van der Waals surface area contributed by atoms with Crippen LogP contribution in [-0.4, -0.2) is 17.1 Å². The Morgan fingerprint density at radius 2 is 2.36 bits per heavy atom. The molecule has 1 saturated heterocycles. The molecule has 2 nitrogen and oxygen atoms in total. The number of hydrogen-bond donors (Lipinski definition) is 1. The smallest absolute Gasteiger partial charge is 0.0302 e. The summed E-state index contributed by atoms with van der Waals surface area (Å²) in [7, 11) is 0. The monoisotopic (exact) mass is 188 g/mol. The fourth-order valence-electron chi connectivity index (χ4n) is 2.95. The number of rotatable bonds is 1. The summed E-state index contributed by atoms with van der Waals surface area (Å²) in [5.41, 5.74) is 1.94. The van der Waals surface area contributed by atoms with E-state index in [0.29, 0.717) is 5.54 Å². The van der Waals surface area contributed by atoms with Crippen LogP contribution in [-0.2, 0) is 0 Å². The Kier molecular flexibility index (Phi) is 1.84. The van der Waals surface area contributed by atoms with Gasteiger partial charge in [-0.05, 0) is 49.8 Å². The summed E-state index contributed by atoms with van der Waals surface area (Å²) in [4.78, 5) is 4.18. The maximum Gasteiger partial charge on any atom is 0.0302 e. The minimum absolute atomic E-state index is 0.514. The minimum Gasteiger partial charge on any atom is -0.311 e. The molecule has 74 valence electrons. The number of nitrogens with one attached hydrogen (secondary N) is 1. The summed E-state index contributed by atoms with van der Waals surface area (Å²) < 4.78 is 0. The van der Waals surface area contributed by atoms with Gasteiger partial charge in [-0.25, -0.2) is 0 Å². The van der Waals surface area contributed by atoms with E-state index in [0.717, 1.165) is 5.92 Å². The van der Waals surface area contributed by atoms with Crippen LogP contribution in [0.3, 0.4) is 0 Å². The molecule has 0 radical (unpaired) electrons. The van der Waals surface area contributed by atoms with Crippen LogP contribution in [0.2, 0.25) is 0 Å². The molecule has 3 rings (SSSR count). The van der Waals surface area contributed by atoms with Crippen LogP contribution in [0, 0.1) is 0 Å². The molecule has 2 heteroatoms. The van der Waals surface area contributed by atoms with E-state index in [1.165, 1.54) is 37.8 Å². The van der Waals surface area contributed by atoms with Crippen molar-refractivity contribution in [2.45, 2.75) is 37.1 Å². The summed E-state index contributed by atoms with van der Waals surface area (Å²) in [6, 6.07) is 4.25. The van der Waals surface area contributed by atoms with Crippen LogP contribution >= 0.6 is 0 Å². The van der Waals surface area contributed by atoms with E-state index in [1.54, 1.807) is 0 Å². The van der Waals surface area contributed by atoms with Crippen LogP contribution in [0.15, 0.2) is 24.5 Å². The molecule has 2 heterocycles. The molecule has 1 saturated carbocycles. The lowest BCUT2D eigenvalue weighted by atomic mass is 9.65. The van der Waals surface area contributed by atoms with Crippen LogP contribution < -0.4 is 5.32 Å². The molecule has 1 N–H and O–H groups in total. The Balaban J connectivity index is 1.69. The van der Waals surface area contributed by atoms with Gasteiger partial charge in [0.25, 0.3) is 0 Å². The second-order valence-electron chi connectivity index (χ2n) is 4.70. The van der Waals surface area contributed by atoms with Crippen molar-refractivity contribution in [3.8, 4) is 0 Å². The Morgan fingerprint density at radius 1 is 1.43 bits per heavy atom. The van der Waals surface area contributed by atoms with Gasteiger partial charge in [0.05, 0.1) is 0 Å². The first-order valence-electron chi connectivity index (χ1n) is 5.53. The van der Waals surface area contributed by atoms with E-state index < -0.39 is 0 Å². The van der Waals surface area contributed by atoms with Crippen molar-refractivity contribution in [3.05, 3.63) is 30.1 Å². The standard InChI is InChI=1S/C12H16N2/c1-3-10(9-13-5-1)11-7-12(8-11)4-2-6-14-12/h1,3,5,9,11,14H,2,4,6-8H2. The molecule has 1 spiro atoms. The van der Waals surface area contributed by atoms with Crippen LogP contribution in [0.5, 0.6) is 0 Å². The fraction of sp³-hybridized carbons (Fsp3) is 0.583. The molecule has 1 aromatic rings. The van der Waals surface area contributed by atoms with Gasteiger partial charge in [-0.1, -0.05) is 6.07 Å². The highest BCUT2D eigenvalue weighted by Crippen LogP contribution is 2.48. The highest BCUT2D eigenvalue weighted by molar-refractivity contribution is 5.23. The van der Waals surface area contributed by atoms with Crippen LogP contribution in [0.1, 0.15) is 37.2 Å². The van der Waals surface area contributed by atoms with Gasteiger partial charge in [0.2, 0.25) is 0 Å². The summed E-state index contributed by atoms with van der Waals surface area (Å²) in [6.45, 7) is 1.22. The maximum absolute atomic E-state index is 4.18. The Hall–Kier alpha value is -0.890. The fourth-order valence-corrected chi connectivity index (χ4v) is 2.95. The summed E-state index contributed by atoms with van der Waals surface area (Å²) >= 11 is 0. The van der Waals surface area contributed by atoms with E-state index in [4.69, 9.17) is 0 Å². The number of pyridine rings is 1. The molecule has 1 aliphatic carbocycles. The quantitative estimate of drug-likeness (QED) is 0.730. The molecule has 0 atom stereocenters. The summed E-state index contributed by atoms with van der Waals surface area (Å²) in [6.07, 6.45) is 9.25. The number of aromatic nitrogens is 1. The molecule has 14 heavy (non-hydrogen) atoms. The maximum atomic E-state index is 4.18. The van der Waals surface area contributed by atoms with Gasteiger partial charge in [0, 0.05) is 17.9 Å². The lowest BCUT2D eigenvalue weighted by Crippen LogP contribution is -2.50. The van der Waals surface area contributed by atoms with Gasteiger partial charge in [-0.15, -0.1) is 0 Å². The molecule has 0 aromatic carbocycles. The topological polar surface area (TPSA) is 24.9 Å². The van der Waals surface area contributed by atoms with Gasteiger partial charge in [-0.2, -0.15) is 0 Å². The normalized spacial score (nSPS) is 35.9. The number of nitrogens with zero attached hydrogens (tertiary/aromatic N) is 1. The zero-order valence-electron chi connectivity index (χ0n) is 8.37. The Morgan fingerprint density at radius 3 is 3.00 bits per heavy atom. The first kappa shape index (κ1) is 8.42.